The molecule has 0 bridgehead atoms. The van der Waals surface area contributed by atoms with Crippen LogP contribution in [0.25, 0.3) is 0 Å². The number of nitrogens with zero attached hydrogens (tertiary/aromatic N) is 1. The van der Waals surface area contributed by atoms with E-state index in [1.807, 2.05) is 0 Å². The first-order valence-corrected chi connectivity index (χ1v) is 9.49. The minimum absolute atomic E-state index is 0.0487. The summed E-state index contributed by atoms with van der Waals surface area (Å²) in [5.41, 5.74) is 1.03. The quantitative estimate of drug-likeness (QED) is 0.457. The van der Waals surface area contributed by atoms with Crippen molar-refractivity contribution in [3.8, 4) is 0 Å². The molecule has 3 rings (SSSR count). The number of nitrogens with one attached hydrogen (secondary N) is 1. The fourth-order valence-corrected chi connectivity index (χ4v) is 4.71. The summed E-state index contributed by atoms with van der Waals surface area (Å²) in [6, 6.07) is 3.82. The van der Waals surface area contributed by atoms with E-state index in [4.69, 9.17) is 16.3 Å². The zero-order chi connectivity index (χ0) is 19.7. The lowest BCUT2D eigenvalue weighted by Crippen LogP contribution is -2.16. The van der Waals surface area contributed by atoms with E-state index in [1.54, 1.807) is 0 Å². The molecule has 0 aliphatic heterocycles. The number of nitro benzene ring substituents is 1. The van der Waals surface area contributed by atoms with Crippen LogP contribution in [0, 0.1) is 16.0 Å². The first-order chi connectivity index (χ1) is 12.8. The molecule has 1 aromatic carbocycles. The highest BCUT2D eigenvalue weighted by Crippen LogP contribution is 2.40. The van der Waals surface area contributed by atoms with Gasteiger partial charge in [-0.1, -0.05) is 18.5 Å². The molecular formula is C18H17ClN2O5S. The van der Waals surface area contributed by atoms with Crippen LogP contribution in [0.1, 0.15) is 44.5 Å². The Labute approximate surface area is 164 Å². The summed E-state index contributed by atoms with van der Waals surface area (Å²) in [4.78, 5) is 36.3. The monoisotopic (exact) mass is 408 g/mol. The maximum Gasteiger partial charge on any atom is 0.341 e. The number of nitro groups is 1. The number of fused-ring (bicyclic) bond motifs is 1. The molecule has 0 saturated heterocycles. The van der Waals surface area contributed by atoms with E-state index in [0.29, 0.717) is 16.5 Å². The number of methoxy groups -OCH3 is 1. The van der Waals surface area contributed by atoms with Gasteiger partial charge in [0.1, 0.15) is 10.0 Å². The maximum absolute atomic E-state index is 12.6. The van der Waals surface area contributed by atoms with Crippen LogP contribution >= 0.6 is 22.9 Å². The number of hydrogen-bond donors (Lipinski definition) is 1. The summed E-state index contributed by atoms with van der Waals surface area (Å²) in [5.74, 6) is -0.546. The third-order valence-electron chi connectivity index (χ3n) is 4.53. The van der Waals surface area contributed by atoms with Gasteiger partial charge in [-0.25, -0.2) is 4.79 Å². The number of halogens is 1. The van der Waals surface area contributed by atoms with E-state index in [1.165, 1.54) is 30.6 Å². The molecule has 9 heteroatoms. The van der Waals surface area contributed by atoms with Gasteiger partial charge in [-0.05, 0) is 42.9 Å². The van der Waals surface area contributed by atoms with Crippen molar-refractivity contribution in [3.05, 3.63) is 54.9 Å². The van der Waals surface area contributed by atoms with Gasteiger partial charge in [0.2, 0.25) is 0 Å². The second-order valence-electron chi connectivity index (χ2n) is 6.42. The molecule has 1 heterocycles. The Morgan fingerprint density at radius 2 is 2.15 bits per heavy atom. The lowest BCUT2D eigenvalue weighted by Gasteiger charge is -2.18. The minimum atomic E-state index is -0.649. The Morgan fingerprint density at radius 3 is 2.81 bits per heavy atom. The van der Waals surface area contributed by atoms with Crippen molar-refractivity contribution in [2.75, 3.05) is 12.4 Å². The molecule has 27 heavy (non-hydrogen) atoms. The molecule has 2 aromatic rings. The molecule has 7 nitrogen and oxygen atoms in total. The Morgan fingerprint density at radius 1 is 1.41 bits per heavy atom. The number of ether oxygens (including phenoxy) is 1. The van der Waals surface area contributed by atoms with E-state index in [0.717, 1.165) is 35.8 Å². The number of esters is 1. The Kier molecular flexibility index (Phi) is 5.48. The van der Waals surface area contributed by atoms with E-state index >= 15 is 0 Å². The van der Waals surface area contributed by atoms with Crippen molar-refractivity contribution in [1.29, 1.82) is 0 Å². The number of carbonyl (C=O) groups is 2. The number of carbonyl (C=O) groups excluding carboxylic acids is 2. The number of hydrogen-bond acceptors (Lipinski definition) is 6. The second kappa shape index (κ2) is 7.66. The predicted molar refractivity (Wildman–Crippen MR) is 103 cm³/mol. The summed E-state index contributed by atoms with van der Waals surface area (Å²) in [6.45, 7) is 2.14. The third kappa shape index (κ3) is 3.81. The molecule has 142 valence electrons. The Bertz CT molecular complexity index is 940. The zero-order valence-corrected chi connectivity index (χ0v) is 16.3. The Hall–Kier alpha value is -2.45. The van der Waals surface area contributed by atoms with E-state index in [2.05, 4.69) is 12.2 Å². The fourth-order valence-electron chi connectivity index (χ4n) is 3.13. The zero-order valence-electron chi connectivity index (χ0n) is 14.7. The molecule has 0 saturated carbocycles. The van der Waals surface area contributed by atoms with Crippen molar-refractivity contribution >= 4 is 45.5 Å². The van der Waals surface area contributed by atoms with Crippen molar-refractivity contribution in [2.45, 2.75) is 26.2 Å². The van der Waals surface area contributed by atoms with Crippen LogP contribution in [0.3, 0.4) is 0 Å². The standard InChI is InChI=1S/C18H17ClN2O5S/c1-9-3-5-11-14(7-9)27-17(15(11)18(23)26-2)20-16(22)10-4-6-12(19)13(8-10)21(24)25/h4,6,8-9H,3,5,7H2,1-2H3,(H,20,22). The lowest BCUT2D eigenvalue weighted by atomic mass is 9.88. The number of anilines is 1. The minimum Gasteiger partial charge on any atom is -0.465 e. The van der Waals surface area contributed by atoms with Gasteiger partial charge in [-0.15, -0.1) is 11.3 Å². The Balaban J connectivity index is 1.96. The van der Waals surface area contributed by atoms with Crippen LogP contribution in [0.4, 0.5) is 10.7 Å². The highest BCUT2D eigenvalue weighted by Gasteiger charge is 2.29. The first-order valence-electron chi connectivity index (χ1n) is 8.30. The van der Waals surface area contributed by atoms with Gasteiger partial charge in [0.05, 0.1) is 17.6 Å². The maximum atomic E-state index is 12.6. The van der Waals surface area contributed by atoms with Crippen LogP contribution in [0.15, 0.2) is 18.2 Å². The van der Waals surface area contributed by atoms with Gasteiger partial charge in [0, 0.05) is 16.5 Å². The third-order valence-corrected chi connectivity index (χ3v) is 6.02. The molecule has 0 spiro atoms. The molecule has 1 atom stereocenters. The molecule has 1 amide bonds. The topological polar surface area (TPSA) is 98.5 Å². The largest absolute Gasteiger partial charge is 0.465 e. The van der Waals surface area contributed by atoms with Gasteiger partial charge in [0.25, 0.3) is 11.6 Å². The first kappa shape index (κ1) is 19.3. The van der Waals surface area contributed by atoms with Crippen LogP contribution < -0.4 is 5.32 Å². The summed E-state index contributed by atoms with van der Waals surface area (Å²) in [6.07, 6.45) is 2.55. The average Bonchev–Trinajstić information content (AvgIpc) is 2.97. The van der Waals surface area contributed by atoms with Gasteiger partial charge >= 0.3 is 5.97 Å². The van der Waals surface area contributed by atoms with Gasteiger partial charge in [0.15, 0.2) is 0 Å². The van der Waals surface area contributed by atoms with Crippen LogP contribution in [-0.2, 0) is 17.6 Å². The van der Waals surface area contributed by atoms with Crippen molar-refractivity contribution in [1.82, 2.24) is 0 Å². The second-order valence-corrected chi connectivity index (χ2v) is 7.94. The number of amides is 1. The van der Waals surface area contributed by atoms with Crippen molar-refractivity contribution in [3.63, 3.8) is 0 Å². The van der Waals surface area contributed by atoms with E-state index in [-0.39, 0.29) is 16.3 Å². The number of thiophene rings is 1. The van der Waals surface area contributed by atoms with Crippen LogP contribution in [-0.4, -0.2) is 23.9 Å². The smallest absolute Gasteiger partial charge is 0.341 e. The van der Waals surface area contributed by atoms with Crippen molar-refractivity contribution in [2.24, 2.45) is 5.92 Å². The normalized spacial score (nSPS) is 15.7. The van der Waals surface area contributed by atoms with E-state index < -0.39 is 16.8 Å². The summed E-state index contributed by atoms with van der Waals surface area (Å²) < 4.78 is 4.89. The lowest BCUT2D eigenvalue weighted by molar-refractivity contribution is -0.384. The molecule has 1 aliphatic carbocycles. The van der Waals surface area contributed by atoms with Gasteiger partial charge in [-0.3, -0.25) is 14.9 Å². The number of rotatable bonds is 4. The summed E-state index contributed by atoms with van der Waals surface area (Å²) >= 11 is 7.14. The SMILES string of the molecule is COC(=O)c1c(NC(=O)c2ccc(Cl)c([N+](=O)[O-])c2)sc2c1CCC(C)C2. The molecule has 1 unspecified atom stereocenters. The molecule has 1 aliphatic rings. The van der Waals surface area contributed by atoms with Crippen LogP contribution in [0.5, 0.6) is 0 Å². The summed E-state index contributed by atoms with van der Waals surface area (Å²) in [7, 11) is 1.30. The highest BCUT2D eigenvalue weighted by molar-refractivity contribution is 7.17. The fraction of sp³-hybridized carbons (Fsp3) is 0.333. The summed E-state index contributed by atoms with van der Waals surface area (Å²) in [5, 5.41) is 14.1. The molecule has 0 fully saturated rings. The highest BCUT2D eigenvalue weighted by atomic mass is 35.5. The predicted octanol–water partition coefficient (Wildman–Crippen LogP) is 4.47. The van der Waals surface area contributed by atoms with Crippen molar-refractivity contribution < 1.29 is 19.2 Å². The van der Waals surface area contributed by atoms with Crippen LogP contribution in [0.2, 0.25) is 5.02 Å². The van der Waals surface area contributed by atoms with Gasteiger partial charge in [-0.2, -0.15) is 0 Å². The number of benzene rings is 1. The van der Waals surface area contributed by atoms with Gasteiger partial charge < -0.3 is 10.1 Å². The molecule has 1 N–H and O–H groups in total. The van der Waals surface area contributed by atoms with E-state index in [9.17, 15) is 19.7 Å². The molecule has 1 aromatic heterocycles. The molecular weight excluding hydrogens is 392 g/mol. The average molecular weight is 409 g/mol. The molecule has 0 radical (unpaired) electrons.